The fourth-order valence-corrected chi connectivity index (χ4v) is 2.54. The van der Waals surface area contributed by atoms with Crippen molar-refractivity contribution in [2.45, 2.75) is 0 Å². The van der Waals surface area contributed by atoms with E-state index in [2.05, 4.69) is 26.1 Å². The van der Waals surface area contributed by atoms with Crippen molar-refractivity contribution < 1.29 is 9.47 Å². The highest BCUT2D eigenvalue weighted by Gasteiger charge is 2.17. The van der Waals surface area contributed by atoms with Crippen LogP contribution >= 0.6 is 15.9 Å². The van der Waals surface area contributed by atoms with Crippen LogP contribution in [0.5, 0.6) is 11.5 Å². The Balaban J connectivity index is 2.52. The number of rotatable bonds is 4. The Bertz CT molecular complexity index is 581. The predicted octanol–water partition coefficient (Wildman–Crippen LogP) is 2.92. The standard InChI is InChI=1S/C13H16BrN3O2/c1-17(2)13-11(14)12(15-16-13)9-6-5-8(18-3)7-10(9)19-4/h5-7H,1-4H3,(H,15,16). The van der Waals surface area contributed by atoms with E-state index >= 15 is 0 Å². The van der Waals surface area contributed by atoms with E-state index in [0.717, 1.165) is 33.0 Å². The van der Waals surface area contributed by atoms with Crippen LogP contribution in [-0.4, -0.2) is 38.5 Å². The molecule has 5 nitrogen and oxygen atoms in total. The van der Waals surface area contributed by atoms with Crippen molar-refractivity contribution in [2.24, 2.45) is 0 Å². The van der Waals surface area contributed by atoms with Crippen LogP contribution in [0.25, 0.3) is 11.3 Å². The summed E-state index contributed by atoms with van der Waals surface area (Å²) in [6.07, 6.45) is 0. The third kappa shape index (κ3) is 2.53. The molecule has 1 aromatic carbocycles. The Hall–Kier alpha value is -1.69. The molecule has 0 saturated carbocycles. The van der Waals surface area contributed by atoms with Gasteiger partial charge in [0.2, 0.25) is 0 Å². The normalized spacial score (nSPS) is 10.4. The largest absolute Gasteiger partial charge is 0.497 e. The van der Waals surface area contributed by atoms with E-state index < -0.39 is 0 Å². The number of nitrogens with one attached hydrogen (secondary N) is 1. The average Bonchev–Trinajstić information content (AvgIpc) is 2.79. The molecule has 0 spiro atoms. The maximum Gasteiger partial charge on any atom is 0.164 e. The molecule has 0 radical (unpaired) electrons. The molecule has 0 amide bonds. The van der Waals surface area contributed by atoms with Crippen molar-refractivity contribution in [3.05, 3.63) is 22.7 Å². The number of benzene rings is 1. The zero-order valence-corrected chi connectivity index (χ0v) is 12.9. The van der Waals surface area contributed by atoms with E-state index in [4.69, 9.17) is 9.47 Å². The average molecular weight is 326 g/mol. The zero-order chi connectivity index (χ0) is 14.0. The SMILES string of the molecule is COc1ccc(-c2[nH]nc(N(C)C)c2Br)c(OC)c1. The maximum absolute atomic E-state index is 5.40. The number of halogens is 1. The van der Waals surface area contributed by atoms with Gasteiger partial charge in [-0.2, -0.15) is 5.10 Å². The summed E-state index contributed by atoms with van der Waals surface area (Å²) >= 11 is 3.57. The Labute approximate surface area is 120 Å². The van der Waals surface area contributed by atoms with Gasteiger partial charge in [-0.15, -0.1) is 0 Å². The van der Waals surface area contributed by atoms with Gasteiger partial charge >= 0.3 is 0 Å². The van der Waals surface area contributed by atoms with Crippen LogP contribution in [0.4, 0.5) is 5.82 Å². The van der Waals surface area contributed by atoms with Crippen LogP contribution < -0.4 is 14.4 Å². The smallest absolute Gasteiger partial charge is 0.164 e. The number of hydrogen-bond donors (Lipinski definition) is 1. The van der Waals surface area contributed by atoms with Crippen molar-refractivity contribution in [1.29, 1.82) is 0 Å². The minimum Gasteiger partial charge on any atom is -0.497 e. The highest BCUT2D eigenvalue weighted by molar-refractivity contribution is 9.10. The summed E-state index contributed by atoms with van der Waals surface area (Å²) in [6, 6.07) is 5.67. The molecule has 0 atom stereocenters. The zero-order valence-electron chi connectivity index (χ0n) is 11.3. The number of ether oxygens (including phenoxy) is 2. The maximum atomic E-state index is 5.40. The third-order valence-corrected chi connectivity index (χ3v) is 3.54. The molecule has 0 aliphatic heterocycles. The molecule has 0 saturated heterocycles. The van der Waals surface area contributed by atoms with Gasteiger partial charge in [0.15, 0.2) is 5.82 Å². The van der Waals surface area contributed by atoms with Crippen LogP contribution in [-0.2, 0) is 0 Å². The molecule has 102 valence electrons. The first kappa shape index (κ1) is 13.7. The number of hydrogen-bond acceptors (Lipinski definition) is 4. The lowest BCUT2D eigenvalue weighted by atomic mass is 10.1. The van der Waals surface area contributed by atoms with Crippen molar-refractivity contribution in [3.63, 3.8) is 0 Å². The van der Waals surface area contributed by atoms with Gasteiger partial charge in [-0.3, -0.25) is 5.10 Å². The molecular formula is C13H16BrN3O2. The quantitative estimate of drug-likeness (QED) is 0.939. The molecule has 0 bridgehead atoms. The molecule has 6 heteroatoms. The van der Waals surface area contributed by atoms with Gasteiger partial charge in [-0.1, -0.05) is 0 Å². The molecule has 19 heavy (non-hydrogen) atoms. The Morgan fingerprint density at radius 1 is 1.21 bits per heavy atom. The summed E-state index contributed by atoms with van der Waals surface area (Å²) in [5.74, 6) is 2.32. The van der Waals surface area contributed by atoms with Crippen molar-refractivity contribution in [3.8, 4) is 22.8 Å². The summed E-state index contributed by atoms with van der Waals surface area (Å²) in [7, 11) is 7.14. The van der Waals surface area contributed by atoms with E-state index in [9.17, 15) is 0 Å². The van der Waals surface area contributed by atoms with Gasteiger partial charge in [0.25, 0.3) is 0 Å². The molecule has 1 N–H and O–H groups in total. The van der Waals surface area contributed by atoms with E-state index in [1.54, 1.807) is 14.2 Å². The van der Waals surface area contributed by atoms with E-state index in [-0.39, 0.29) is 0 Å². The van der Waals surface area contributed by atoms with Crippen LogP contribution in [0.15, 0.2) is 22.7 Å². The second-order valence-corrected chi connectivity index (χ2v) is 4.99. The van der Waals surface area contributed by atoms with Gasteiger partial charge in [0.1, 0.15) is 11.5 Å². The Kier molecular flexibility index (Phi) is 3.99. The number of aromatic nitrogens is 2. The molecule has 0 unspecified atom stereocenters. The fraction of sp³-hybridized carbons (Fsp3) is 0.308. The van der Waals surface area contributed by atoms with Gasteiger partial charge in [0, 0.05) is 25.7 Å². The number of aromatic amines is 1. The number of nitrogens with zero attached hydrogens (tertiary/aromatic N) is 2. The highest BCUT2D eigenvalue weighted by atomic mass is 79.9. The second kappa shape index (κ2) is 5.52. The molecule has 0 aliphatic carbocycles. The van der Waals surface area contributed by atoms with Gasteiger partial charge < -0.3 is 14.4 Å². The minimum absolute atomic E-state index is 0.731. The molecule has 2 rings (SSSR count). The summed E-state index contributed by atoms with van der Waals surface area (Å²) in [4.78, 5) is 1.93. The number of methoxy groups -OCH3 is 2. The summed E-state index contributed by atoms with van der Waals surface area (Å²) in [5, 5.41) is 7.30. The van der Waals surface area contributed by atoms with Crippen molar-refractivity contribution >= 4 is 21.7 Å². The van der Waals surface area contributed by atoms with Crippen molar-refractivity contribution in [2.75, 3.05) is 33.2 Å². The van der Waals surface area contributed by atoms with Gasteiger partial charge in [0.05, 0.1) is 24.4 Å². The summed E-state index contributed by atoms with van der Waals surface area (Å²) in [5.41, 5.74) is 1.80. The van der Waals surface area contributed by atoms with Crippen molar-refractivity contribution in [1.82, 2.24) is 10.2 Å². The topological polar surface area (TPSA) is 50.4 Å². The molecule has 0 fully saturated rings. The molecule has 0 aliphatic rings. The number of H-pyrrole nitrogens is 1. The molecule has 1 heterocycles. The lowest BCUT2D eigenvalue weighted by molar-refractivity contribution is 0.395. The highest BCUT2D eigenvalue weighted by Crippen LogP contribution is 2.39. The van der Waals surface area contributed by atoms with Gasteiger partial charge in [-0.05, 0) is 28.1 Å². The molecule has 1 aromatic heterocycles. The van der Waals surface area contributed by atoms with Crippen LogP contribution in [0, 0.1) is 0 Å². The lowest BCUT2D eigenvalue weighted by Crippen LogP contribution is -2.09. The Morgan fingerprint density at radius 3 is 2.47 bits per heavy atom. The number of anilines is 1. The second-order valence-electron chi connectivity index (χ2n) is 4.20. The summed E-state index contributed by atoms with van der Waals surface area (Å²) in [6.45, 7) is 0. The predicted molar refractivity (Wildman–Crippen MR) is 79.2 cm³/mol. The molecule has 2 aromatic rings. The van der Waals surface area contributed by atoms with E-state index in [1.165, 1.54) is 0 Å². The monoisotopic (exact) mass is 325 g/mol. The van der Waals surface area contributed by atoms with Gasteiger partial charge in [-0.25, -0.2) is 0 Å². The first-order valence-electron chi connectivity index (χ1n) is 5.72. The minimum atomic E-state index is 0.731. The molecular weight excluding hydrogens is 310 g/mol. The van der Waals surface area contributed by atoms with E-state index in [0.29, 0.717) is 0 Å². The first-order chi connectivity index (χ1) is 9.08. The van der Waals surface area contributed by atoms with E-state index in [1.807, 2.05) is 37.2 Å². The Morgan fingerprint density at radius 2 is 1.95 bits per heavy atom. The van der Waals surface area contributed by atoms with Crippen LogP contribution in [0.3, 0.4) is 0 Å². The van der Waals surface area contributed by atoms with Crippen LogP contribution in [0.2, 0.25) is 0 Å². The first-order valence-corrected chi connectivity index (χ1v) is 6.51. The van der Waals surface area contributed by atoms with Crippen LogP contribution in [0.1, 0.15) is 0 Å². The fourth-order valence-electron chi connectivity index (χ4n) is 1.80. The third-order valence-electron chi connectivity index (χ3n) is 2.79. The lowest BCUT2D eigenvalue weighted by Gasteiger charge is -2.10. The summed E-state index contributed by atoms with van der Waals surface area (Å²) < 4.78 is 11.5.